The molecule has 0 bridgehead atoms. The van der Waals surface area contributed by atoms with E-state index < -0.39 is 12.6 Å². The van der Waals surface area contributed by atoms with E-state index in [0.29, 0.717) is 0 Å². The molecule has 0 saturated carbocycles. The summed E-state index contributed by atoms with van der Waals surface area (Å²) >= 11 is 3.42. The summed E-state index contributed by atoms with van der Waals surface area (Å²) in [4.78, 5) is 0. The van der Waals surface area contributed by atoms with E-state index in [2.05, 4.69) is 21.2 Å². The standard InChI is InChI=1S/C12H15BrF3N/c1-8-4-3-5-9(11(8)13)10(17-2)6-7-12(14,15)16/h3-5,10,17H,6-7H2,1-2H3. The summed E-state index contributed by atoms with van der Waals surface area (Å²) in [7, 11) is 1.68. The molecule has 0 aliphatic heterocycles. The summed E-state index contributed by atoms with van der Waals surface area (Å²) in [6, 6.07) is 5.33. The number of halogens is 4. The van der Waals surface area contributed by atoms with Gasteiger partial charge < -0.3 is 5.32 Å². The highest BCUT2D eigenvalue weighted by Crippen LogP contribution is 2.32. The number of hydrogen-bond acceptors (Lipinski definition) is 1. The maximum atomic E-state index is 12.2. The Hall–Kier alpha value is -0.550. The van der Waals surface area contributed by atoms with Crippen LogP contribution in [0.5, 0.6) is 0 Å². The molecule has 1 atom stereocenters. The Kier molecular flexibility index (Phi) is 5.01. The molecule has 0 saturated heterocycles. The van der Waals surface area contributed by atoms with Crippen LogP contribution < -0.4 is 5.32 Å². The lowest BCUT2D eigenvalue weighted by Gasteiger charge is -2.19. The fourth-order valence-corrected chi connectivity index (χ4v) is 2.24. The van der Waals surface area contributed by atoms with Gasteiger partial charge in [0.05, 0.1) is 0 Å². The van der Waals surface area contributed by atoms with E-state index in [1.54, 1.807) is 7.05 Å². The van der Waals surface area contributed by atoms with Crippen LogP contribution in [0.3, 0.4) is 0 Å². The van der Waals surface area contributed by atoms with Gasteiger partial charge in [-0.15, -0.1) is 0 Å². The second-order valence-corrected chi connectivity index (χ2v) is 4.77. The quantitative estimate of drug-likeness (QED) is 0.871. The molecule has 0 aliphatic carbocycles. The second-order valence-electron chi connectivity index (χ2n) is 3.97. The zero-order valence-electron chi connectivity index (χ0n) is 9.74. The first-order valence-corrected chi connectivity index (χ1v) is 6.13. The molecule has 0 fully saturated rings. The Labute approximate surface area is 108 Å². The van der Waals surface area contributed by atoms with Crippen LogP contribution in [0.1, 0.15) is 30.0 Å². The van der Waals surface area contributed by atoms with Crippen molar-refractivity contribution in [1.29, 1.82) is 0 Å². The summed E-state index contributed by atoms with van der Waals surface area (Å²) in [5.74, 6) is 0. The number of hydrogen-bond donors (Lipinski definition) is 1. The largest absolute Gasteiger partial charge is 0.389 e. The van der Waals surface area contributed by atoms with E-state index in [9.17, 15) is 13.2 Å². The van der Waals surface area contributed by atoms with E-state index >= 15 is 0 Å². The third-order valence-corrected chi connectivity index (χ3v) is 3.75. The molecule has 96 valence electrons. The van der Waals surface area contributed by atoms with Crippen molar-refractivity contribution in [3.63, 3.8) is 0 Å². The average molecular weight is 310 g/mol. The minimum Gasteiger partial charge on any atom is -0.313 e. The van der Waals surface area contributed by atoms with Crippen molar-refractivity contribution in [3.8, 4) is 0 Å². The first kappa shape index (κ1) is 14.5. The predicted molar refractivity (Wildman–Crippen MR) is 66.0 cm³/mol. The first-order valence-electron chi connectivity index (χ1n) is 5.34. The number of nitrogens with one attached hydrogen (secondary N) is 1. The Morgan fingerprint density at radius 2 is 2.00 bits per heavy atom. The summed E-state index contributed by atoms with van der Waals surface area (Å²) in [6.45, 7) is 1.92. The maximum absolute atomic E-state index is 12.2. The highest BCUT2D eigenvalue weighted by Gasteiger charge is 2.28. The van der Waals surface area contributed by atoms with Crippen LogP contribution in [0.4, 0.5) is 13.2 Å². The van der Waals surface area contributed by atoms with Crippen molar-refractivity contribution >= 4 is 15.9 Å². The molecule has 17 heavy (non-hydrogen) atoms. The van der Waals surface area contributed by atoms with Gasteiger partial charge in [-0.2, -0.15) is 13.2 Å². The van der Waals surface area contributed by atoms with Gasteiger partial charge in [0.25, 0.3) is 0 Å². The van der Waals surface area contributed by atoms with Gasteiger partial charge in [0.15, 0.2) is 0 Å². The third kappa shape index (κ3) is 4.32. The van der Waals surface area contributed by atoms with E-state index in [0.717, 1.165) is 15.6 Å². The third-order valence-electron chi connectivity index (χ3n) is 2.66. The number of rotatable bonds is 4. The van der Waals surface area contributed by atoms with Crippen molar-refractivity contribution in [2.45, 2.75) is 32.0 Å². The molecule has 1 nitrogen and oxygen atoms in total. The van der Waals surface area contributed by atoms with Crippen LogP contribution in [0.2, 0.25) is 0 Å². The van der Waals surface area contributed by atoms with Crippen LogP contribution in [0.15, 0.2) is 22.7 Å². The molecule has 1 aromatic carbocycles. The first-order chi connectivity index (χ1) is 7.85. The van der Waals surface area contributed by atoms with Crippen molar-refractivity contribution in [3.05, 3.63) is 33.8 Å². The Morgan fingerprint density at radius 1 is 1.35 bits per heavy atom. The van der Waals surface area contributed by atoms with Gasteiger partial charge in [-0.25, -0.2) is 0 Å². The van der Waals surface area contributed by atoms with Gasteiger partial charge in [0.1, 0.15) is 0 Å². The number of aryl methyl sites for hydroxylation is 1. The molecule has 0 amide bonds. The topological polar surface area (TPSA) is 12.0 Å². The van der Waals surface area contributed by atoms with Crippen LogP contribution in [0, 0.1) is 6.92 Å². The van der Waals surface area contributed by atoms with Crippen LogP contribution in [0.25, 0.3) is 0 Å². The lowest BCUT2D eigenvalue weighted by atomic mass is 10.0. The molecule has 1 aromatic rings. The van der Waals surface area contributed by atoms with Gasteiger partial charge in [0.2, 0.25) is 0 Å². The monoisotopic (exact) mass is 309 g/mol. The highest BCUT2D eigenvalue weighted by molar-refractivity contribution is 9.10. The van der Waals surface area contributed by atoms with Crippen molar-refractivity contribution in [1.82, 2.24) is 5.32 Å². The minimum atomic E-state index is -4.11. The van der Waals surface area contributed by atoms with Gasteiger partial charge >= 0.3 is 6.18 Å². The molecule has 0 spiro atoms. The molecule has 0 aliphatic rings. The lowest BCUT2D eigenvalue weighted by Crippen LogP contribution is -2.20. The molecule has 5 heteroatoms. The van der Waals surface area contributed by atoms with Gasteiger partial charge in [-0.05, 0) is 31.5 Å². The summed E-state index contributed by atoms with van der Waals surface area (Å²) in [5, 5.41) is 2.93. The summed E-state index contributed by atoms with van der Waals surface area (Å²) in [5.41, 5.74) is 1.89. The zero-order chi connectivity index (χ0) is 13.1. The van der Waals surface area contributed by atoms with E-state index in [4.69, 9.17) is 0 Å². The maximum Gasteiger partial charge on any atom is 0.389 e. The fraction of sp³-hybridized carbons (Fsp3) is 0.500. The van der Waals surface area contributed by atoms with Crippen LogP contribution in [-0.2, 0) is 0 Å². The molecule has 0 aromatic heterocycles. The van der Waals surface area contributed by atoms with Crippen LogP contribution in [-0.4, -0.2) is 13.2 Å². The fourth-order valence-electron chi connectivity index (χ4n) is 1.70. The number of benzene rings is 1. The van der Waals surface area contributed by atoms with Gasteiger partial charge in [0, 0.05) is 16.9 Å². The molecular formula is C12H15BrF3N. The minimum absolute atomic E-state index is 0.0437. The predicted octanol–water partition coefficient (Wildman–Crippen LogP) is 4.36. The van der Waals surface area contributed by atoms with E-state index in [1.807, 2.05) is 25.1 Å². The average Bonchev–Trinajstić information content (AvgIpc) is 2.23. The van der Waals surface area contributed by atoms with Crippen molar-refractivity contribution in [2.75, 3.05) is 7.05 Å². The zero-order valence-corrected chi connectivity index (χ0v) is 11.3. The van der Waals surface area contributed by atoms with E-state index in [1.165, 1.54) is 0 Å². The Morgan fingerprint density at radius 3 is 2.53 bits per heavy atom. The van der Waals surface area contributed by atoms with Crippen molar-refractivity contribution < 1.29 is 13.2 Å². The Bertz CT molecular complexity index is 377. The highest BCUT2D eigenvalue weighted by atomic mass is 79.9. The molecular weight excluding hydrogens is 295 g/mol. The molecule has 1 rings (SSSR count). The van der Waals surface area contributed by atoms with Crippen LogP contribution >= 0.6 is 15.9 Å². The SMILES string of the molecule is CNC(CCC(F)(F)F)c1cccc(C)c1Br. The Balaban J connectivity index is 2.83. The van der Waals surface area contributed by atoms with Crippen molar-refractivity contribution in [2.24, 2.45) is 0 Å². The number of alkyl halides is 3. The second kappa shape index (κ2) is 5.87. The molecule has 0 radical (unpaired) electrons. The molecule has 1 unspecified atom stereocenters. The van der Waals surface area contributed by atoms with Gasteiger partial charge in [-0.3, -0.25) is 0 Å². The van der Waals surface area contributed by atoms with Gasteiger partial charge in [-0.1, -0.05) is 34.1 Å². The molecule has 1 N–H and O–H groups in total. The van der Waals surface area contributed by atoms with E-state index in [-0.39, 0.29) is 12.5 Å². The lowest BCUT2D eigenvalue weighted by molar-refractivity contribution is -0.136. The summed E-state index contributed by atoms with van der Waals surface area (Å²) in [6.07, 6.45) is -4.84. The molecule has 0 heterocycles. The summed E-state index contributed by atoms with van der Waals surface area (Å²) < 4.78 is 37.5. The smallest absolute Gasteiger partial charge is 0.313 e. The normalized spacial score (nSPS) is 13.8.